The fraction of sp³-hybridized carbons (Fsp3) is 0.400. The van der Waals surface area contributed by atoms with Gasteiger partial charge in [-0.3, -0.25) is 4.79 Å². The predicted molar refractivity (Wildman–Crippen MR) is 95.6 cm³/mol. The Bertz CT molecular complexity index is 747. The summed E-state index contributed by atoms with van der Waals surface area (Å²) >= 11 is 0. The first-order chi connectivity index (χ1) is 12.4. The van der Waals surface area contributed by atoms with Crippen molar-refractivity contribution in [2.75, 3.05) is 7.11 Å². The van der Waals surface area contributed by atoms with Gasteiger partial charge in [-0.05, 0) is 43.5 Å². The maximum atomic E-state index is 12.5. The van der Waals surface area contributed by atoms with E-state index in [0.29, 0.717) is 12.0 Å². The van der Waals surface area contributed by atoms with Crippen LogP contribution in [0.15, 0.2) is 41.7 Å². The Labute approximate surface area is 152 Å². The van der Waals surface area contributed by atoms with E-state index in [1.807, 2.05) is 19.9 Å². The summed E-state index contributed by atoms with van der Waals surface area (Å²) in [6, 6.07) is 4.50. The molecule has 0 saturated carbocycles. The van der Waals surface area contributed by atoms with Crippen LogP contribution in [0.3, 0.4) is 0 Å². The zero-order valence-corrected chi connectivity index (χ0v) is 15.2. The Morgan fingerprint density at radius 1 is 1.27 bits per heavy atom. The molecule has 1 aromatic carbocycles. The summed E-state index contributed by atoms with van der Waals surface area (Å²) in [5, 5.41) is 18.9. The van der Waals surface area contributed by atoms with Crippen LogP contribution in [0.5, 0.6) is 11.5 Å². The van der Waals surface area contributed by atoms with Gasteiger partial charge in [0.2, 0.25) is 0 Å². The number of phenolic OH excluding ortho intramolecular Hbond substituents is 2. The number of hydrogen-bond donors (Lipinski definition) is 2. The monoisotopic (exact) mass is 360 g/mol. The Hall–Kier alpha value is -2.76. The number of hydrogen-bond acceptors (Lipinski definition) is 6. The molecule has 0 radical (unpaired) electrons. The van der Waals surface area contributed by atoms with Gasteiger partial charge in [0.1, 0.15) is 11.9 Å². The van der Waals surface area contributed by atoms with Gasteiger partial charge in [0.05, 0.1) is 18.9 Å². The largest absolute Gasteiger partial charge is 0.504 e. The first kappa shape index (κ1) is 19.6. The van der Waals surface area contributed by atoms with E-state index >= 15 is 0 Å². The number of rotatable bonds is 6. The van der Waals surface area contributed by atoms with Crippen LogP contribution < -0.4 is 0 Å². The molecular formula is C20H24O6. The van der Waals surface area contributed by atoms with E-state index in [1.165, 1.54) is 25.5 Å². The fourth-order valence-corrected chi connectivity index (χ4v) is 3.11. The molecule has 1 aliphatic heterocycles. The second kappa shape index (κ2) is 8.56. The third-order valence-corrected chi connectivity index (χ3v) is 4.56. The Balaban J connectivity index is 2.08. The van der Waals surface area contributed by atoms with Crippen LogP contribution in [0.25, 0.3) is 0 Å². The number of ketones is 1. The van der Waals surface area contributed by atoms with Gasteiger partial charge in [-0.25, -0.2) is 4.79 Å². The summed E-state index contributed by atoms with van der Waals surface area (Å²) in [6.45, 7) is 3.72. The molecule has 1 heterocycles. The Morgan fingerprint density at radius 2 is 2.00 bits per heavy atom. The number of methoxy groups -OCH3 is 1. The topological polar surface area (TPSA) is 93.1 Å². The second-order valence-electron chi connectivity index (χ2n) is 6.25. The average Bonchev–Trinajstić information content (AvgIpc) is 2.62. The summed E-state index contributed by atoms with van der Waals surface area (Å²) in [5.41, 5.74) is 1.97. The molecule has 2 rings (SSSR count). The molecule has 140 valence electrons. The normalized spacial score (nSPS) is 21.0. The van der Waals surface area contributed by atoms with E-state index in [4.69, 9.17) is 9.47 Å². The number of ether oxygens (including phenoxy) is 2. The van der Waals surface area contributed by atoms with Gasteiger partial charge in [0.15, 0.2) is 11.5 Å². The molecule has 1 aliphatic rings. The molecule has 26 heavy (non-hydrogen) atoms. The molecule has 0 fully saturated rings. The highest BCUT2D eigenvalue weighted by atomic mass is 16.5. The van der Waals surface area contributed by atoms with Crippen LogP contribution in [-0.4, -0.2) is 35.2 Å². The third kappa shape index (κ3) is 4.45. The molecule has 0 spiro atoms. The van der Waals surface area contributed by atoms with Gasteiger partial charge in [0.25, 0.3) is 0 Å². The van der Waals surface area contributed by atoms with Crippen molar-refractivity contribution in [2.24, 2.45) is 5.92 Å². The Kier molecular flexibility index (Phi) is 6.44. The zero-order valence-electron chi connectivity index (χ0n) is 15.2. The van der Waals surface area contributed by atoms with Crippen LogP contribution >= 0.6 is 0 Å². The van der Waals surface area contributed by atoms with E-state index < -0.39 is 5.97 Å². The first-order valence-corrected chi connectivity index (χ1v) is 8.49. The molecule has 0 saturated heterocycles. The van der Waals surface area contributed by atoms with Crippen molar-refractivity contribution in [3.63, 3.8) is 0 Å². The smallest absolute Gasteiger partial charge is 0.337 e. The van der Waals surface area contributed by atoms with E-state index in [0.717, 1.165) is 11.1 Å². The van der Waals surface area contributed by atoms with Gasteiger partial charge in [-0.2, -0.15) is 0 Å². The van der Waals surface area contributed by atoms with Crippen molar-refractivity contribution in [1.82, 2.24) is 0 Å². The number of aryl methyl sites for hydroxylation is 1. The lowest BCUT2D eigenvalue weighted by atomic mass is 9.82. The van der Waals surface area contributed by atoms with Crippen LogP contribution in [-0.2, 0) is 25.5 Å². The maximum Gasteiger partial charge on any atom is 0.337 e. The minimum Gasteiger partial charge on any atom is -0.504 e. The van der Waals surface area contributed by atoms with Crippen molar-refractivity contribution in [3.8, 4) is 11.5 Å². The van der Waals surface area contributed by atoms with Crippen molar-refractivity contribution in [3.05, 3.63) is 47.2 Å². The number of allylic oxidation sites excluding steroid dienone is 1. The standard InChI is InChI=1S/C20H24O6/c1-4-15-12(2)26-11-17(20(24)25-3)16(15)10-14(21)7-5-13-6-8-18(22)19(23)9-13/h4,6,8-9,11-12,16,22-23H,5,7,10H2,1-3H3. The van der Waals surface area contributed by atoms with E-state index in [2.05, 4.69) is 0 Å². The number of phenols is 2. The summed E-state index contributed by atoms with van der Waals surface area (Å²) in [4.78, 5) is 24.5. The van der Waals surface area contributed by atoms with Gasteiger partial charge in [-0.1, -0.05) is 12.1 Å². The summed E-state index contributed by atoms with van der Waals surface area (Å²) in [7, 11) is 1.30. The minimum atomic E-state index is -0.502. The maximum absolute atomic E-state index is 12.5. The SMILES string of the molecule is CC=C1C(C)OC=C(C(=O)OC)C1CC(=O)CCc1ccc(O)c(O)c1. The summed E-state index contributed by atoms with van der Waals surface area (Å²) in [6.07, 6.45) is 3.93. The third-order valence-electron chi connectivity index (χ3n) is 4.56. The fourth-order valence-electron chi connectivity index (χ4n) is 3.11. The lowest BCUT2D eigenvalue weighted by Gasteiger charge is -2.30. The molecule has 0 aliphatic carbocycles. The van der Waals surface area contributed by atoms with Gasteiger partial charge in [-0.15, -0.1) is 0 Å². The van der Waals surface area contributed by atoms with Crippen molar-refractivity contribution in [2.45, 2.75) is 39.2 Å². The van der Waals surface area contributed by atoms with Crippen molar-refractivity contribution in [1.29, 1.82) is 0 Å². The molecule has 0 amide bonds. The number of aromatic hydroxyl groups is 2. The van der Waals surface area contributed by atoms with Crippen molar-refractivity contribution < 1.29 is 29.3 Å². The van der Waals surface area contributed by atoms with E-state index in [1.54, 1.807) is 6.07 Å². The second-order valence-corrected chi connectivity index (χ2v) is 6.25. The van der Waals surface area contributed by atoms with E-state index in [-0.39, 0.29) is 42.1 Å². The average molecular weight is 360 g/mol. The molecule has 0 aromatic heterocycles. The number of Topliss-reactive ketones (excluding diaryl/α,β-unsaturated/α-hetero) is 1. The molecule has 2 atom stereocenters. The van der Waals surface area contributed by atoms with Crippen LogP contribution in [0.4, 0.5) is 0 Å². The van der Waals surface area contributed by atoms with Crippen LogP contribution in [0.2, 0.25) is 0 Å². The molecule has 6 heteroatoms. The molecule has 2 N–H and O–H groups in total. The van der Waals surface area contributed by atoms with Crippen LogP contribution in [0, 0.1) is 5.92 Å². The number of esters is 1. The quantitative estimate of drug-likeness (QED) is 0.460. The lowest BCUT2D eigenvalue weighted by Crippen LogP contribution is -2.29. The van der Waals surface area contributed by atoms with Crippen LogP contribution in [0.1, 0.15) is 32.3 Å². The molecular weight excluding hydrogens is 336 g/mol. The zero-order chi connectivity index (χ0) is 19.3. The number of carbonyl (C=O) groups excluding carboxylic acids is 2. The molecule has 6 nitrogen and oxygen atoms in total. The molecule has 0 bridgehead atoms. The highest BCUT2D eigenvalue weighted by molar-refractivity contribution is 5.91. The lowest BCUT2D eigenvalue weighted by molar-refractivity contribution is -0.137. The number of benzene rings is 1. The van der Waals surface area contributed by atoms with Gasteiger partial charge < -0.3 is 19.7 Å². The highest BCUT2D eigenvalue weighted by Gasteiger charge is 2.33. The minimum absolute atomic E-state index is 0.00850. The number of carbonyl (C=O) groups is 2. The molecule has 1 aromatic rings. The first-order valence-electron chi connectivity index (χ1n) is 8.49. The van der Waals surface area contributed by atoms with E-state index in [9.17, 15) is 19.8 Å². The summed E-state index contributed by atoms with van der Waals surface area (Å²) in [5.74, 6) is -1.28. The van der Waals surface area contributed by atoms with Crippen molar-refractivity contribution >= 4 is 11.8 Å². The van der Waals surface area contributed by atoms with Gasteiger partial charge >= 0.3 is 5.97 Å². The highest BCUT2D eigenvalue weighted by Crippen LogP contribution is 2.34. The summed E-state index contributed by atoms with van der Waals surface area (Å²) < 4.78 is 10.3. The van der Waals surface area contributed by atoms with Gasteiger partial charge in [0, 0.05) is 18.8 Å². The molecule has 2 unspecified atom stereocenters. The Morgan fingerprint density at radius 3 is 2.62 bits per heavy atom. The predicted octanol–water partition coefficient (Wildman–Crippen LogP) is 3.03.